The van der Waals surface area contributed by atoms with E-state index in [0.717, 1.165) is 5.56 Å². The van der Waals surface area contributed by atoms with E-state index in [0.29, 0.717) is 98.2 Å². The third-order valence-electron chi connectivity index (χ3n) is 6.86. The van der Waals surface area contributed by atoms with Crippen LogP contribution in [0, 0.1) is 6.92 Å². The van der Waals surface area contributed by atoms with Crippen LogP contribution >= 0.6 is 11.6 Å². The number of nitrogens with zero attached hydrogens (tertiary/aromatic N) is 7. The van der Waals surface area contributed by atoms with E-state index in [1.807, 2.05) is 6.07 Å². The molecule has 1 N–H and O–H groups in total. The molecule has 2 fully saturated rings. The third kappa shape index (κ3) is 6.74. The highest BCUT2D eigenvalue weighted by Gasteiger charge is 2.25. The van der Waals surface area contributed by atoms with Gasteiger partial charge >= 0.3 is 5.97 Å². The van der Waals surface area contributed by atoms with Crippen LogP contribution in [0.15, 0.2) is 58.2 Å². The van der Waals surface area contributed by atoms with Gasteiger partial charge in [0.15, 0.2) is 0 Å². The molecule has 14 heteroatoms. The molecule has 4 heterocycles. The van der Waals surface area contributed by atoms with Gasteiger partial charge < -0.3 is 28.5 Å². The summed E-state index contributed by atoms with van der Waals surface area (Å²) in [5.74, 6) is 1.57. The number of hydrogen-bond donors (Lipinski definition) is 1. The van der Waals surface area contributed by atoms with Crippen LogP contribution in [0.25, 0.3) is 11.3 Å². The normalized spacial score (nSPS) is 15.6. The van der Waals surface area contributed by atoms with E-state index in [9.17, 15) is 4.79 Å². The van der Waals surface area contributed by atoms with E-state index < -0.39 is 5.97 Å². The highest BCUT2D eigenvalue weighted by molar-refractivity contribution is 6.33. The van der Waals surface area contributed by atoms with Crippen LogP contribution in [0.1, 0.15) is 21.7 Å². The van der Waals surface area contributed by atoms with Crippen molar-refractivity contribution < 1.29 is 23.5 Å². The van der Waals surface area contributed by atoms with Crippen LogP contribution in [-0.2, 0) is 9.47 Å². The van der Waals surface area contributed by atoms with Crippen molar-refractivity contribution in [3.63, 3.8) is 0 Å². The molecule has 0 atom stereocenters. The summed E-state index contributed by atoms with van der Waals surface area (Å²) in [6.07, 6.45) is 1.62. The van der Waals surface area contributed by atoms with Gasteiger partial charge in [0.2, 0.25) is 17.8 Å². The summed E-state index contributed by atoms with van der Waals surface area (Å²) >= 11 is 6.31. The summed E-state index contributed by atoms with van der Waals surface area (Å²) in [7, 11) is 0. The second kappa shape index (κ2) is 13.2. The maximum absolute atomic E-state index is 13.1. The Labute approximate surface area is 252 Å². The van der Waals surface area contributed by atoms with E-state index in [-0.39, 0.29) is 5.56 Å². The molecular formula is C29H29ClN8O5. The van der Waals surface area contributed by atoms with Crippen molar-refractivity contribution in [3.8, 4) is 17.0 Å². The molecule has 2 saturated heterocycles. The van der Waals surface area contributed by atoms with Crippen molar-refractivity contribution in [3.05, 3.63) is 70.4 Å². The van der Waals surface area contributed by atoms with Crippen molar-refractivity contribution in [1.29, 1.82) is 0 Å². The quantitative estimate of drug-likeness (QED) is 0.135. The van der Waals surface area contributed by atoms with Crippen molar-refractivity contribution in [2.75, 3.05) is 67.8 Å². The standard InChI is InChI=1S/C29H29ClN8O5/c1-19-24(25(36-43-19)22-4-2-3-5-23(22)30)26(39)42-21-8-6-20(7-9-21)18-31-35-27-32-28(37-10-14-40-15-11-37)34-29(33-27)38-12-16-41-17-13-38/h2-9,18H,10-17H2,1H3,(H,32,33,34,35)/b31-18-. The Bertz CT molecular complexity index is 1560. The van der Waals surface area contributed by atoms with Gasteiger partial charge in [-0.2, -0.15) is 20.1 Å². The largest absolute Gasteiger partial charge is 0.423 e. The summed E-state index contributed by atoms with van der Waals surface area (Å²) in [5.41, 5.74) is 4.82. The number of nitrogens with one attached hydrogen (secondary N) is 1. The summed E-state index contributed by atoms with van der Waals surface area (Å²) in [5, 5.41) is 8.81. The molecule has 222 valence electrons. The number of anilines is 3. The first-order chi connectivity index (χ1) is 21.0. The number of esters is 1. The van der Waals surface area contributed by atoms with Gasteiger partial charge in [-0.1, -0.05) is 35.0 Å². The highest BCUT2D eigenvalue weighted by Crippen LogP contribution is 2.31. The van der Waals surface area contributed by atoms with Gasteiger partial charge in [-0.15, -0.1) is 0 Å². The number of hydrazone groups is 1. The molecule has 43 heavy (non-hydrogen) atoms. The number of aromatic nitrogens is 4. The van der Waals surface area contributed by atoms with Gasteiger partial charge in [0, 0.05) is 31.7 Å². The number of carbonyl (C=O) groups excluding carboxylic acids is 1. The van der Waals surface area contributed by atoms with Crippen LogP contribution in [0.3, 0.4) is 0 Å². The molecular weight excluding hydrogens is 576 g/mol. The summed E-state index contributed by atoms with van der Waals surface area (Å²) < 4.78 is 21.8. The highest BCUT2D eigenvalue weighted by atomic mass is 35.5. The van der Waals surface area contributed by atoms with Crippen LogP contribution in [0.5, 0.6) is 5.75 Å². The lowest BCUT2D eigenvalue weighted by Crippen LogP contribution is -2.40. The fraction of sp³-hybridized carbons (Fsp3) is 0.310. The van der Waals surface area contributed by atoms with E-state index in [4.69, 9.17) is 35.3 Å². The Balaban J connectivity index is 1.13. The van der Waals surface area contributed by atoms with Gasteiger partial charge in [-0.25, -0.2) is 10.2 Å². The predicted octanol–water partition coefficient (Wildman–Crippen LogP) is 3.83. The Hall–Kier alpha value is -4.59. The SMILES string of the molecule is Cc1onc(-c2ccccc2Cl)c1C(=O)Oc1ccc(/C=N\Nc2nc(N3CCOCC3)nc(N3CCOCC3)n2)cc1. The Morgan fingerprint density at radius 3 is 2.19 bits per heavy atom. The number of morpholine rings is 2. The summed E-state index contributed by atoms with van der Waals surface area (Å²) in [4.78, 5) is 31.1. The molecule has 2 aliphatic heterocycles. The van der Waals surface area contributed by atoms with Gasteiger partial charge in [0.25, 0.3) is 0 Å². The zero-order valence-corrected chi connectivity index (χ0v) is 24.2. The zero-order valence-electron chi connectivity index (χ0n) is 23.4. The minimum absolute atomic E-state index is 0.216. The molecule has 0 aliphatic carbocycles. The molecule has 0 spiro atoms. The molecule has 2 aromatic heterocycles. The lowest BCUT2D eigenvalue weighted by Gasteiger charge is -2.30. The number of ether oxygens (including phenoxy) is 3. The first-order valence-electron chi connectivity index (χ1n) is 13.8. The van der Waals surface area contributed by atoms with E-state index >= 15 is 0 Å². The molecule has 0 bridgehead atoms. The molecule has 0 radical (unpaired) electrons. The smallest absolute Gasteiger partial charge is 0.349 e. The van der Waals surface area contributed by atoms with Gasteiger partial charge in [-0.3, -0.25) is 0 Å². The van der Waals surface area contributed by atoms with Crippen LogP contribution in [0.4, 0.5) is 17.8 Å². The number of aryl methyl sites for hydroxylation is 1. The monoisotopic (exact) mass is 604 g/mol. The zero-order chi connectivity index (χ0) is 29.6. The molecule has 13 nitrogen and oxygen atoms in total. The molecule has 0 unspecified atom stereocenters. The Morgan fingerprint density at radius 2 is 1.56 bits per heavy atom. The molecule has 0 amide bonds. The van der Waals surface area contributed by atoms with E-state index in [2.05, 4.69) is 35.5 Å². The van der Waals surface area contributed by atoms with Crippen LogP contribution in [-0.4, -0.2) is 84.9 Å². The number of hydrogen-bond acceptors (Lipinski definition) is 13. The second-order valence-corrected chi connectivity index (χ2v) is 10.1. The minimum atomic E-state index is -0.598. The number of rotatable bonds is 8. The van der Waals surface area contributed by atoms with Crippen molar-refractivity contribution >= 4 is 41.6 Å². The summed E-state index contributed by atoms with van der Waals surface area (Å²) in [6, 6.07) is 14.0. The average Bonchev–Trinajstić information content (AvgIpc) is 3.44. The second-order valence-electron chi connectivity index (χ2n) is 9.73. The van der Waals surface area contributed by atoms with Crippen molar-refractivity contribution in [1.82, 2.24) is 20.1 Å². The van der Waals surface area contributed by atoms with E-state index in [1.165, 1.54) is 0 Å². The Kier molecular flexibility index (Phi) is 8.72. The van der Waals surface area contributed by atoms with Crippen LogP contribution < -0.4 is 20.0 Å². The molecule has 2 aromatic carbocycles. The molecule has 6 rings (SSSR count). The predicted molar refractivity (Wildman–Crippen MR) is 160 cm³/mol. The fourth-order valence-corrected chi connectivity index (χ4v) is 4.83. The third-order valence-corrected chi connectivity index (χ3v) is 7.19. The number of benzene rings is 2. The maximum Gasteiger partial charge on any atom is 0.349 e. The van der Waals surface area contributed by atoms with E-state index in [1.54, 1.807) is 55.6 Å². The summed E-state index contributed by atoms with van der Waals surface area (Å²) in [6.45, 7) is 6.91. The van der Waals surface area contributed by atoms with Gasteiger partial charge in [0.1, 0.15) is 22.8 Å². The lowest BCUT2D eigenvalue weighted by molar-refractivity contribution is 0.0733. The Morgan fingerprint density at radius 1 is 0.930 bits per heavy atom. The van der Waals surface area contributed by atoms with Crippen molar-refractivity contribution in [2.24, 2.45) is 5.10 Å². The first kappa shape index (κ1) is 28.5. The van der Waals surface area contributed by atoms with Crippen LogP contribution in [0.2, 0.25) is 5.02 Å². The molecule has 2 aliphatic rings. The average molecular weight is 605 g/mol. The number of halogens is 1. The fourth-order valence-electron chi connectivity index (χ4n) is 4.61. The first-order valence-corrected chi connectivity index (χ1v) is 14.2. The van der Waals surface area contributed by atoms with Gasteiger partial charge in [0.05, 0.1) is 37.7 Å². The van der Waals surface area contributed by atoms with Gasteiger partial charge in [-0.05, 0) is 42.8 Å². The maximum atomic E-state index is 13.1. The molecule has 4 aromatic rings. The lowest BCUT2D eigenvalue weighted by atomic mass is 10.1. The number of carbonyl (C=O) groups is 1. The topological polar surface area (TPSA) is 140 Å². The van der Waals surface area contributed by atoms with Crippen molar-refractivity contribution in [2.45, 2.75) is 6.92 Å². The molecule has 0 saturated carbocycles. The minimum Gasteiger partial charge on any atom is -0.423 e.